The van der Waals surface area contributed by atoms with E-state index < -0.39 is 0 Å². The van der Waals surface area contributed by atoms with Crippen LogP contribution in [0.5, 0.6) is 0 Å². The van der Waals surface area contributed by atoms with Crippen molar-refractivity contribution in [2.45, 2.75) is 18.9 Å². The molecule has 1 heterocycles. The van der Waals surface area contributed by atoms with Gasteiger partial charge in [0.2, 0.25) is 5.91 Å². The van der Waals surface area contributed by atoms with Crippen LogP contribution < -0.4 is 10.6 Å². The molecule has 1 aliphatic rings. The van der Waals surface area contributed by atoms with Gasteiger partial charge in [-0.1, -0.05) is 29.3 Å². The highest BCUT2D eigenvalue weighted by molar-refractivity contribution is 6.39. The maximum atomic E-state index is 12.1. The zero-order valence-electron chi connectivity index (χ0n) is 11.5. The van der Waals surface area contributed by atoms with Crippen LogP contribution in [0.1, 0.15) is 12.8 Å². The Kier molecular flexibility index (Phi) is 5.66. The molecule has 0 aromatic heterocycles. The fourth-order valence-corrected chi connectivity index (χ4v) is 2.85. The lowest BCUT2D eigenvalue weighted by Gasteiger charge is -2.31. The SMILES string of the molecule is CN(CC(=O)Nc1c(Cl)cccc1Cl)C1CCCNC1. The third-order valence-corrected chi connectivity index (χ3v) is 4.14. The van der Waals surface area contributed by atoms with Crippen LogP contribution in [0.4, 0.5) is 5.69 Å². The first kappa shape index (κ1) is 15.6. The van der Waals surface area contributed by atoms with Crippen LogP contribution in [0, 0.1) is 0 Å². The Morgan fingerprint density at radius 1 is 1.45 bits per heavy atom. The van der Waals surface area contributed by atoms with Gasteiger partial charge in [0, 0.05) is 12.6 Å². The molecule has 2 N–H and O–H groups in total. The predicted octanol–water partition coefficient (Wildman–Crippen LogP) is 2.62. The van der Waals surface area contributed by atoms with Crippen LogP contribution in [0.2, 0.25) is 10.0 Å². The Hall–Kier alpha value is -0.810. The van der Waals surface area contributed by atoms with Crippen LogP contribution in [-0.4, -0.2) is 43.5 Å². The Balaban J connectivity index is 1.91. The number of rotatable bonds is 4. The van der Waals surface area contributed by atoms with Gasteiger partial charge >= 0.3 is 0 Å². The van der Waals surface area contributed by atoms with Gasteiger partial charge in [-0.3, -0.25) is 9.69 Å². The van der Waals surface area contributed by atoms with E-state index in [0.717, 1.165) is 25.9 Å². The summed E-state index contributed by atoms with van der Waals surface area (Å²) in [5, 5.41) is 7.03. The van der Waals surface area contributed by atoms with Crippen molar-refractivity contribution in [2.24, 2.45) is 0 Å². The van der Waals surface area contributed by atoms with Gasteiger partial charge in [-0.15, -0.1) is 0 Å². The van der Waals surface area contributed by atoms with Gasteiger partial charge in [0.1, 0.15) is 0 Å². The molecule has 0 bridgehead atoms. The Bertz CT molecular complexity index is 455. The maximum absolute atomic E-state index is 12.1. The summed E-state index contributed by atoms with van der Waals surface area (Å²) >= 11 is 12.1. The number of nitrogens with one attached hydrogen (secondary N) is 2. The molecule has 2 rings (SSSR count). The normalized spacial score (nSPS) is 19.1. The molecular formula is C14H19Cl2N3O. The number of para-hydroxylation sites is 1. The molecule has 6 heteroatoms. The molecule has 0 saturated carbocycles. The number of piperidine rings is 1. The molecule has 0 aliphatic carbocycles. The fraction of sp³-hybridized carbons (Fsp3) is 0.500. The third kappa shape index (κ3) is 4.09. The minimum absolute atomic E-state index is 0.104. The number of hydrogen-bond donors (Lipinski definition) is 2. The minimum Gasteiger partial charge on any atom is -0.322 e. The van der Waals surface area contributed by atoms with Crippen LogP contribution >= 0.6 is 23.2 Å². The topological polar surface area (TPSA) is 44.4 Å². The summed E-state index contributed by atoms with van der Waals surface area (Å²) in [5.41, 5.74) is 0.482. The van der Waals surface area contributed by atoms with E-state index in [0.29, 0.717) is 28.3 Å². The molecule has 4 nitrogen and oxygen atoms in total. The lowest BCUT2D eigenvalue weighted by molar-refractivity contribution is -0.117. The molecule has 1 aliphatic heterocycles. The summed E-state index contributed by atoms with van der Waals surface area (Å²) in [7, 11) is 1.96. The van der Waals surface area contributed by atoms with E-state index in [1.165, 1.54) is 0 Å². The third-order valence-electron chi connectivity index (χ3n) is 3.51. The van der Waals surface area contributed by atoms with Crippen molar-refractivity contribution in [3.05, 3.63) is 28.2 Å². The largest absolute Gasteiger partial charge is 0.322 e. The van der Waals surface area contributed by atoms with Crippen molar-refractivity contribution in [3.63, 3.8) is 0 Å². The molecule has 1 aromatic carbocycles. The van der Waals surface area contributed by atoms with E-state index in [1.807, 2.05) is 7.05 Å². The first-order valence-electron chi connectivity index (χ1n) is 6.72. The molecule has 0 spiro atoms. The number of hydrogen-bond acceptors (Lipinski definition) is 3. The van der Waals surface area contributed by atoms with Crippen LogP contribution in [0.25, 0.3) is 0 Å². The monoisotopic (exact) mass is 315 g/mol. The van der Waals surface area contributed by atoms with Crippen molar-refractivity contribution in [1.82, 2.24) is 10.2 Å². The number of halogens is 2. The number of benzene rings is 1. The van der Waals surface area contributed by atoms with Crippen LogP contribution in [-0.2, 0) is 4.79 Å². The second-order valence-electron chi connectivity index (χ2n) is 5.06. The van der Waals surface area contributed by atoms with Gasteiger partial charge in [0.05, 0.1) is 22.3 Å². The fourth-order valence-electron chi connectivity index (χ4n) is 2.36. The lowest BCUT2D eigenvalue weighted by atomic mass is 10.1. The van der Waals surface area contributed by atoms with E-state index in [-0.39, 0.29) is 5.91 Å². The van der Waals surface area contributed by atoms with Gasteiger partial charge in [-0.05, 0) is 38.6 Å². The van der Waals surface area contributed by atoms with Crippen molar-refractivity contribution in [2.75, 3.05) is 32.0 Å². The van der Waals surface area contributed by atoms with Crippen molar-refractivity contribution in [1.29, 1.82) is 0 Å². The highest BCUT2D eigenvalue weighted by Crippen LogP contribution is 2.29. The summed E-state index contributed by atoms with van der Waals surface area (Å²) in [4.78, 5) is 14.1. The average Bonchev–Trinajstić information content (AvgIpc) is 2.44. The Morgan fingerprint density at radius 3 is 2.75 bits per heavy atom. The van der Waals surface area contributed by atoms with E-state index >= 15 is 0 Å². The van der Waals surface area contributed by atoms with Gasteiger partial charge in [-0.2, -0.15) is 0 Å². The predicted molar refractivity (Wildman–Crippen MR) is 83.6 cm³/mol. The quantitative estimate of drug-likeness (QED) is 0.897. The summed E-state index contributed by atoms with van der Waals surface area (Å²) in [5.74, 6) is -0.104. The Morgan fingerprint density at radius 2 is 2.15 bits per heavy atom. The number of carbonyl (C=O) groups is 1. The molecule has 0 radical (unpaired) electrons. The van der Waals surface area contributed by atoms with Crippen LogP contribution in [0.15, 0.2) is 18.2 Å². The number of likely N-dealkylation sites (N-methyl/N-ethyl adjacent to an activating group) is 1. The number of carbonyl (C=O) groups excluding carboxylic acids is 1. The number of nitrogens with zero attached hydrogens (tertiary/aromatic N) is 1. The maximum Gasteiger partial charge on any atom is 0.238 e. The number of amides is 1. The van der Waals surface area contributed by atoms with Crippen molar-refractivity contribution in [3.8, 4) is 0 Å². The van der Waals surface area contributed by atoms with E-state index in [4.69, 9.17) is 23.2 Å². The minimum atomic E-state index is -0.104. The second-order valence-corrected chi connectivity index (χ2v) is 5.87. The van der Waals surface area contributed by atoms with Crippen molar-refractivity contribution >= 4 is 34.8 Å². The first-order chi connectivity index (χ1) is 9.58. The van der Waals surface area contributed by atoms with Gasteiger partial charge in [-0.25, -0.2) is 0 Å². The highest BCUT2D eigenvalue weighted by Gasteiger charge is 2.20. The standard InChI is InChI=1S/C14H19Cl2N3O/c1-19(10-4-3-7-17-8-10)9-13(20)18-14-11(15)5-2-6-12(14)16/h2,5-6,10,17H,3-4,7-9H2,1H3,(H,18,20). The Labute approximate surface area is 129 Å². The molecule has 1 unspecified atom stereocenters. The van der Waals surface area contributed by atoms with Gasteiger partial charge < -0.3 is 10.6 Å². The average molecular weight is 316 g/mol. The summed E-state index contributed by atoms with van der Waals surface area (Å²) < 4.78 is 0. The van der Waals surface area contributed by atoms with Gasteiger partial charge in [0.15, 0.2) is 0 Å². The molecule has 1 aromatic rings. The van der Waals surface area contributed by atoms with Crippen LogP contribution in [0.3, 0.4) is 0 Å². The smallest absolute Gasteiger partial charge is 0.238 e. The highest BCUT2D eigenvalue weighted by atomic mass is 35.5. The van der Waals surface area contributed by atoms with E-state index in [2.05, 4.69) is 15.5 Å². The molecule has 20 heavy (non-hydrogen) atoms. The van der Waals surface area contributed by atoms with Gasteiger partial charge in [0.25, 0.3) is 0 Å². The molecule has 110 valence electrons. The van der Waals surface area contributed by atoms with Crippen molar-refractivity contribution < 1.29 is 4.79 Å². The lowest BCUT2D eigenvalue weighted by Crippen LogP contribution is -2.46. The van der Waals surface area contributed by atoms with E-state index in [9.17, 15) is 4.79 Å². The first-order valence-corrected chi connectivity index (χ1v) is 7.48. The molecule has 1 saturated heterocycles. The molecular weight excluding hydrogens is 297 g/mol. The molecule has 1 amide bonds. The molecule has 1 fully saturated rings. The summed E-state index contributed by atoms with van der Waals surface area (Å²) in [6.45, 7) is 2.32. The summed E-state index contributed by atoms with van der Waals surface area (Å²) in [6.07, 6.45) is 2.26. The second kappa shape index (κ2) is 7.27. The summed E-state index contributed by atoms with van der Waals surface area (Å²) in [6, 6.07) is 5.56. The zero-order valence-corrected chi connectivity index (χ0v) is 13.0. The zero-order chi connectivity index (χ0) is 14.5. The molecule has 1 atom stereocenters. The van der Waals surface area contributed by atoms with E-state index in [1.54, 1.807) is 18.2 Å². The number of anilines is 1.